The second kappa shape index (κ2) is 13.7. The van der Waals surface area contributed by atoms with Crippen LogP contribution in [-0.4, -0.2) is 34.0 Å². The first-order valence-electron chi connectivity index (χ1n) is 13.5. The first-order valence-corrected chi connectivity index (χ1v) is 14.3. The lowest BCUT2D eigenvalue weighted by Gasteiger charge is -2.12. The number of amides is 2. The quantitative estimate of drug-likeness (QED) is 0.0650. The van der Waals surface area contributed by atoms with E-state index in [-0.39, 0.29) is 39.9 Å². The number of carbonyl (C=O) groups is 3. The molecule has 1 atom stereocenters. The summed E-state index contributed by atoms with van der Waals surface area (Å²) in [5, 5.41) is 5.34. The van der Waals surface area contributed by atoms with E-state index < -0.39 is 35.3 Å². The molecule has 1 heterocycles. The molecule has 0 aliphatic carbocycles. The number of hydrogen-bond acceptors (Lipinski definition) is 7. The topological polar surface area (TPSA) is 125 Å². The number of anilines is 2. The van der Waals surface area contributed by atoms with Crippen LogP contribution in [0.5, 0.6) is 11.5 Å². The van der Waals surface area contributed by atoms with E-state index in [1.54, 1.807) is 30.3 Å². The maximum Gasteiger partial charge on any atom is 0.446 e. The van der Waals surface area contributed by atoms with Crippen LogP contribution in [0.25, 0.3) is 10.9 Å². The normalized spacial score (nSPS) is 11.9. The molecule has 0 saturated heterocycles. The molecule has 5 aromatic rings. The van der Waals surface area contributed by atoms with Crippen LogP contribution in [0.2, 0.25) is 0 Å². The van der Waals surface area contributed by atoms with Gasteiger partial charge in [0.05, 0.1) is 11.2 Å². The van der Waals surface area contributed by atoms with Crippen molar-refractivity contribution in [3.63, 3.8) is 0 Å². The third-order valence-electron chi connectivity index (χ3n) is 6.40. The first kappa shape index (κ1) is 32.1. The minimum Gasteiger partial charge on any atom is -0.459 e. The zero-order valence-corrected chi connectivity index (χ0v) is 24.4. The summed E-state index contributed by atoms with van der Waals surface area (Å²) in [4.78, 5) is 38.6. The van der Waals surface area contributed by atoms with Gasteiger partial charge in [0, 0.05) is 22.2 Å². The second-order valence-corrected chi connectivity index (χ2v) is 10.8. The van der Waals surface area contributed by atoms with Crippen molar-refractivity contribution in [1.82, 2.24) is 4.57 Å². The highest BCUT2D eigenvalue weighted by molar-refractivity contribution is 8.00. The predicted octanol–water partition coefficient (Wildman–Crippen LogP) is 7.54. The molecule has 14 heteroatoms. The van der Waals surface area contributed by atoms with Crippen LogP contribution in [-0.2, 0) is 16.1 Å². The average molecular weight is 653 g/mol. The van der Waals surface area contributed by atoms with Crippen LogP contribution in [0.4, 0.5) is 33.7 Å². The average Bonchev–Trinajstić information content (AvgIpc) is 3.37. The molecule has 46 heavy (non-hydrogen) atoms. The first-order chi connectivity index (χ1) is 21.9. The smallest absolute Gasteiger partial charge is 0.446 e. The van der Waals surface area contributed by atoms with Gasteiger partial charge in [0.15, 0.2) is 6.04 Å². The lowest BCUT2D eigenvalue weighted by molar-refractivity contribution is -0.145. The van der Waals surface area contributed by atoms with E-state index in [1.165, 1.54) is 60.8 Å². The van der Waals surface area contributed by atoms with Crippen molar-refractivity contribution in [2.24, 2.45) is 5.73 Å². The number of nitrogens with zero attached hydrogens (tertiary/aromatic N) is 1. The van der Waals surface area contributed by atoms with E-state index in [9.17, 15) is 31.9 Å². The SMILES string of the molecule is NC(C(=O)OCc1ccccc1)C(=O)n1cc(NC(=O)Nc2ccc(Oc3ccc(SC(F)(F)F)cc3)cc2)c2cc(F)ccc21. The minimum absolute atomic E-state index is 0.0184. The predicted molar refractivity (Wildman–Crippen MR) is 164 cm³/mol. The van der Waals surface area contributed by atoms with Crippen molar-refractivity contribution in [1.29, 1.82) is 0 Å². The van der Waals surface area contributed by atoms with Gasteiger partial charge in [-0.15, -0.1) is 0 Å². The van der Waals surface area contributed by atoms with E-state index in [1.807, 2.05) is 0 Å². The van der Waals surface area contributed by atoms with Crippen LogP contribution in [0, 0.1) is 5.82 Å². The van der Waals surface area contributed by atoms with Gasteiger partial charge in [0.2, 0.25) is 0 Å². The van der Waals surface area contributed by atoms with Crippen LogP contribution >= 0.6 is 11.8 Å². The number of halogens is 4. The molecule has 1 unspecified atom stereocenters. The number of rotatable bonds is 9. The molecule has 0 aliphatic heterocycles. The van der Waals surface area contributed by atoms with Crippen molar-refractivity contribution in [2.45, 2.75) is 23.1 Å². The highest BCUT2D eigenvalue weighted by atomic mass is 32.2. The van der Waals surface area contributed by atoms with Crippen LogP contribution < -0.4 is 21.1 Å². The molecule has 1 aromatic heterocycles. The Morgan fingerprint density at radius 3 is 2.17 bits per heavy atom. The van der Waals surface area contributed by atoms with Gasteiger partial charge in [0.1, 0.15) is 23.9 Å². The molecule has 0 spiro atoms. The Hall–Kier alpha value is -5.34. The number of fused-ring (bicyclic) bond motifs is 1. The van der Waals surface area contributed by atoms with Gasteiger partial charge in [-0.2, -0.15) is 13.2 Å². The fourth-order valence-corrected chi connectivity index (χ4v) is 4.83. The number of benzene rings is 4. The van der Waals surface area contributed by atoms with E-state index in [0.717, 1.165) is 16.7 Å². The summed E-state index contributed by atoms with van der Waals surface area (Å²) in [7, 11) is 0. The van der Waals surface area contributed by atoms with E-state index >= 15 is 0 Å². The zero-order chi connectivity index (χ0) is 32.8. The van der Waals surface area contributed by atoms with Gasteiger partial charge >= 0.3 is 17.5 Å². The number of esters is 1. The van der Waals surface area contributed by atoms with Crippen LogP contribution in [0.3, 0.4) is 0 Å². The highest BCUT2D eigenvalue weighted by Crippen LogP contribution is 2.37. The Balaban J connectivity index is 1.23. The number of carbonyl (C=O) groups excluding carboxylic acids is 3. The number of nitrogens with one attached hydrogen (secondary N) is 2. The molecule has 0 fully saturated rings. The number of alkyl halides is 3. The lowest BCUT2D eigenvalue weighted by Crippen LogP contribution is -2.42. The second-order valence-electron chi connectivity index (χ2n) is 9.71. The Bertz CT molecular complexity index is 1860. The number of hydrogen-bond donors (Lipinski definition) is 3. The minimum atomic E-state index is -4.39. The van der Waals surface area contributed by atoms with Crippen molar-refractivity contribution in [2.75, 3.05) is 10.6 Å². The third-order valence-corrected chi connectivity index (χ3v) is 7.14. The molecular weight excluding hydrogens is 628 g/mol. The van der Waals surface area contributed by atoms with Crippen LogP contribution in [0.15, 0.2) is 108 Å². The van der Waals surface area contributed by atoms with Crippen molar-refractivity contribution >= 4 is 51.9 Å². The number of nitrogens with two attached hydrogens (primary N) is 1. The van der Waals surface area contributed by atoms with Crippen molar-refractivity contribution in [3.05, 3.63) is 115 Å². The maximum atomic E-state index is 14.2. The molecular formula is C32H24F4N4O5S. The molecule has 236 valence electrons. The lowest BCUT2D eigenvalue weighted by atomic mass is 10.2. The number of aromatic nitrogens is 1. The molecule has 0 radical (unpaired) electrons. The monoisotopic (exact) mass is 652 g/mol. The van der Waals surface area contributed by atoms with E-state index in [0.29, 0.717) is 22.7 Å². The summed E-state index contributed by atoms with van der Waals surface area (Å²) in [6.45, 7) is -0.0872. The molecule has 9 nitrogen and oxygen atoms in total. The molecule has 0 aliphatic rings. The summed E-state index contributed by atoms with van der Waals surface area (Å²) in [6, 6.07) is 21.4. The third kappa shape index (κ3) is 8.22. The van der Waals surface area contributed by atoms with Gasteiger partial charge in [0.25, 0.3) is 5.91 Å². The summed E-state index contributed by atoms with van der Waals surface area (Å²) < 4.78 is 63.6. The molecule has 0 bridgehead atoms. The molecule has 2 amide bonds. The van der Waals surface area contributed by atoms with Crippen LogP contribution in [0.1, 0.15) is 10.4 Å². The summed E-state index contributed by atoms with van der Waals surface area (Å²) >= 11 is -0.232. The molecule has 4 N–H and O–H groups in total. The molecule has 0 saturated carbocycles. The summed E-state index contributed by atoms with van der Waals surface area (Å²) in [5.41, 5.74) is 2.82. The number of urea groups is 1. The molecule has 5 rings (SSSR count). The van der Waals surface area contributed by atoms with Gasteiger partial charge in [-0.3, -0.25) is 9.36 Å². The van der Waals surface area contributed by atoms with Gasteiger partial charge in [-0.25, -0.2) is 14.0 Å². The summed E-state index contributed by atoms with van der Waals surface area (Å²) in [5.74, 6) is -1.77. The zero-order valence-electron chi connectivity index (χ0n) is 23.6. The van der Waals surface area contributed by atoms with Gasteiger partial charge in [-0.1, -0.05) is 30.3 Å². The molecule has 4 aromatic carbocycles. The maximum absolute atomic E-state index is 14.2. The summed E-state index contributed by atoms with van der Waals surface area (Å²) in [6.07, 6.45) is 1.23. The number of thioether (sulfide) groups is 1. The van der Waals surface area contributed by atoms with E-state index in [4.69, 9.17) is 15.2 Å². The van der Waals surface area contributed by atoms with Gasteiger partial charge in [-0.05, 0) is 84.1 Å². The fourth-order valence-electron chi connectivity index (χ4n) is 4.29. The van der Waals surface area contributed by atoms with E-state index in [2.05, 4.69) is 10.6 Å². The number of ether oxygens (including phenoxy) is 2. The standard InChI is InChI=1S/C32H24F4N4O5S/c33-20-6-15-27-25(16-20)26(17-40(27)29(41)28(37)30(42)44-18-19-4-2-1-3-5-19)39-31(43)38-21-7-9-22(10-8-21)45-23-11-13-24(14-12-23)46-32(34,35)36/h1-17,28H,18,37H2,(H2,38,39,43). The van der Waals surface area contributed by atoms with Crippen molar-refractivity contribution in [3.8, 4) is 11.5 Å². The fraction of sp³-hybridized carbons (Fsp3) is 0.0938. The Kier molecular flexibility index (Phi) is 9.58. The Morgan fingerprint density at radius 2 is 1.52 bits per heavy atom. The van der Waals surface area contributed by atoms with Gasteiger partial charge < -0.3 is 25.8 Å². The van der Waals surface area contributed by atoms with Crippen molar-refractivity contribution < 1.29 is 41.4 Å². The Labute approximate surface area is 263 Å². The largest absolute Gasteiger partial charge is 0.459 e. The Morgan fingerprint density at radius 1 is 0.870 bits per heavy atom. The highest BCUT2D eigenvalue weighted by Gasteiger charge is 2.29.